The van der Waals surface area contributed by atoms with Gasteiger partial charge in [-0.2, -0.15) is 5.26 Å². The van der Waals surface area contributed by atoms with Crippen LogP contribution in [0.2, 0.25) is 10.0 Å². The summed E-state index contributed by atoms with van der Waals surface area (Å²) in [6.07, 6.45) is 0.682. The highest BCUT2D eigenvalue weighted by atomic mass is 35.5. The van der Waals surface area contributed by atoms with Crippen LogP contribution in [0.1, 0.15) is 44.2 Å². The molecule has 0 unspecified atom stereocenters. The molecule has 3 heterocycles. The summed E-state index contributed by atoms with van der Waals surface area (Å²) in [5, 5.41) is 15.9. The highest BCUT2D eigenvalue weighted by Gasteiger charge is 2.60. The summed E-state index contributed by atoms with van der Waals surface area (Å²) in [6, 6.07) is 16.8. The van der Waals surface area contributed by atoms with Crippen molar-refractivity contribution < 1.29 is 14.3 Å². The first-order valence-corrected chi connectivity index (χ1v) is 15.8. The fraction of sp³-hybridized carbons (Fsp3) is 0.545. The molecule has 3 saturated heterocycles. The molecule has 3 aliphatic heterocycles. The molecule has 43 heavy (non-hydrogen) atoms. The van der Waals surface area contributed by atoms with Crippen molar-refractivity contribution in [3.8, 4) is 6.07 Å². The summed E-state index contributed by atoms with van der Waals surface area (Å²) in [6.45, 7) is 11.5. The van der Waals surface area contributed by atoms with Gasteiger partial charge < -0.3 is 19.9 Å². The molecule has 2 amide bonds. The molecule has 0 radical (unpaired) electrons. The largest absolute Gasteiger partial charge is 0.378 e. The van der Waals surface area contributed by atoms with E-state index in [1.54, 1.807) is 0 Å². The molecule has 0 saturated carbocycles. The number of piperazine rings is 1. The maximum atomic E-state index is 14.4. The number of nitrogens with zero attached hydrogens (tertiary/aromatic N) is 4. The summed E-state index contributed by atoms with van der Waals surface area (Å²) >= 11 is 12.8. The van der Waals surface area contributed by atoms with Gasteiger partial charge in [0.05, 0.1) is 31.9 Å². The Labute approximate surface area is 264 Å². The van der Waals surface area contributed by atoms with Crippen molar-refractivity contribution in [3.63, 3.8) is 0 Å². The highest BCUT2D eigenvalue weighted by Crippen LogP contribution is 2.51. The zero-order valence-corrected chi connectivity index (χ0v) is 26.7. The molecule has 230 valence electrons. The van der Waals surface area contributed by atoms with Gasteiger partial charge in [0.1, 0.15) is 5.41 Å². The Balaban J connectivity index is 1.44. The molecule has 2 aromatic rings. The Morgan fingerprint density at radius 2 is 1.65 bits per heavy atom. The van der Waals surface area contributed by atoms with Crippen LogP contribution in [-0.2, 0) is 19.7 Å². The first kappa shape index (κ1) is 31.7. The van der Waals surface area contributed by atoms with Crippen LogP contribution >= 0.6 is 23.2 Å². The number of morpholine rings is 1. The molecule has 2 aromatic carbocycles. The van der Waals surface area contributed by atoms with Gasteiger partial charge in [-0.05, 0) is 47.2 Å². The number of hydrogen-bond donors (Lipinski definition) is 1. The van der Waals surface area contributed by atoms with E-state index in [1.165, 1.54) is 0 Å². The fourth-order valence-electron chi connectivity index (χ4n) is 6.87. The van der Waals surface area contributed by atoms with Gasteiger partial charge in [0.2, 0.25) is 11.8 Å². The smallest absolute Gasteiger partial charge is 0.240 e. The lowest BCUT2D eigenvalue weighted by Crippen LogP contribution is -2.56. The maximum Gasteiger partial charge on any atom is 0.240 e. The SMILES string of the molecule is CC(C)(C)C[C@@H]1N[C@@H](C(=O)N2CCN(CC(=O)N3CCOCC3)CC2)[C@H](c2cccc(Cl)c2)[C@@]1(C#N)c1ccc(Cl)cc1. The van der Waals surface area contributed by atoms with E-state index in [1.807, 2.05) is 58.3 Å². The second kappa shape index (κ2) is 13.1. The van der Waals surface area contributed by atoms with Crippen LogP contribution in [0.3, 0.4) is 0 Å². The molecule has 8 nitrogen and oxygen atoms in total. The standard InChI is InChI=1S/C33H41Cl2N5O3/c1-32(2,3)20-27-33(22-36,24-7-9-25(34)10-8-24)29(23-5-4-6-26(35)19-23)30(37-27)31(42)40-13-11-38(12-14-40)21-28(41)39-15-17-43-18-16-39/h4-10,19,27,29-30,37H,11-18,20-21H2,1-3H3/t27-,29-,30+,33-/m0/s1. The zero-order valence-electron chi connectivity index (χ0n) is 25.2. The number of rotatable bonds is 6. The minimum absolute atomic E-state index is 0.0332. The number of nitrogens with one attached hydrogen (secondary N) is 1. The summed E-state index contributed by atoms with van der Waals surface area (Å²) in [4.78, 5) is 33.1. The van der Waals surface area contributed by atoms with Gasteiger partial charge in [0.25, 0.3) is 0 Å². The Morgan fingerprint density at radius 1 is 0.977 bits per heavy atom. The molecule has 0 bridgehead atoms. The average Bonchev–Trinajstić information content (AvgIpc) is 3.31. The molecule has 3 aliphatic rings. The van der Waals surface area contributed by atoms with Gasteiger partial charge in [-0.15, -0.1) is 0 Å². The Kier molecular flexibility index (Phi) is 9.70. The Morgan fingerprint density at radius 3 is 2.26 bits per heavy atom. The summed E-state index contributed by atoms with van der Waals surface area (Å²) in [7, 11) is 0. The fourth-order valence-corrected chi connectivity index (χ4v) is 7.20. The van der Waals surface area contributed by atoms with Crippen molar-refractivity contribution in [2.75, 3.05) is 59.0 Å². The molecular formula is C33H41Cl2N5O3. The van der Waals surface area contributed by atoms with E-state index in [2.05, 4.69) is 37.1 Å². The average molecular weight is 627 g/mol. The van der Waals surface area contributed by atoms with E-state index in [-0.39, 0.29) is 23.3 Å². The predicted octanol–water partition coefficient (Wildman–Crippen LogP) is 4.32. The lowest BCUT2D eigenvalue weighted by atomic mass is 9.63. The molecule has 0 aromatic heterocycles. The Hall–Kier alpha value is -2.67. The maximum absolute atomic E-state index is 14.4. The first-order chi connectivity index (χ1) is 20.5. The van der Waals surface area contributed by atoms with Crippen LogP contribution in [0.25, 0.3) is 0 Å². The van der Waals surface area contributed by atoms with E-state index in [9.17, 15) is 14.9 Å². The molecule has 0 aliphatic carbocycles. The molecule has 0 spiro atoms. The minimum Gasteiger partial charge on any atom is -0.378 e. The molecular weight excluding hydrogens is 585 g/mol. The van der Waals surface area contributed by atoms with E-state index in [4.69, 9.17) is 27.9 Å². The molecule has 5 rings (SSSR count). The molecule has 3 fully saturated rings. The highest BCUT2D eigenvalue weighted by molar-refractivity contribution is 6.30. The van der Waals surface area contributed by atoms with Crippen molar-refractivity contribution >= 4 is 35.0 Å². The Bertz CT molecular complexity index is 1340. The predicted molar refractivity (Wildman–Crippen MR) is 168 cm³/mol. The van der Waals surface area contributed by atoms with Gasteiger partial charge in [0, 0.05) is 61.3 Å². The third kappa shape index (κ3) is 6.87. The topological polar surface area (TPSA) is 88.9 Å². The number of carbonyl (C=O) groups excluding carboxylic acids is 2. The van der Waals surface area contributed by atoms with Gasteiger partial charge in [-0.3, -0.25) is 14.5 Å². The number of hydrogen-bond acceptors (Lipinski definition) is 6. The zero-order chi connectivity index (χ0) is 30.8. The van der Waals surface area contributed by atoms with Crippen LogP contribution in [-0.4, -0.2) is 97.6 Å². The number of carbonyl (C=O) groups is 2. The van der Waals surface area contributed by atoms with Gasteiger partial charge in [-0.25, -0.2) is 0 Å². The second-order valence-corrected chi connectivity index (χ2v) is 13.9. The van der Waals surface area contributed by atoms with Crippen molar-refractivity contribution in [1.82, 2.24) is 20.0 Å². The monoisotopic (exact) mass is 625 g/mol. The van der Waals surface area contributed by atoms with Crippen molar-refractivity contribution in [2.24, 2.45) is 5.41 Å². The number of ether oxygens (including phenoxy) is 1. The van der Waals surface area contributed by atoms with Crippen LogP contribution in [0.4, 0.5) is 0 Å². The van der Waals surface area contributed by atoms with E-state index < -0.39 is 17.4 Å². The van der Waals surface area contributed by atoms with Crippen molar-refractivity contribution in [3.05, 3.63) is 69.7 Å². The number of nitriles is 1. The van der Waals surface area contributed by atoms with Gasteiger partial charge >= 0.3 is 0 Å². The third-order valence-electron chi connectivity index (χ3n) is 8.96. The van der Waals surface area contributed by atoms with E-state index in [0.717, 1.165) is 11.1 Å². The van der Waals surface area contributed by atoms with Crippen molar-refractivity contribution in [2.45, 2.75) is 50.6 Å². The van der Waals surface area contributed by atoms with Crippen LogP contribution < -0.4 is 5.32 Å². The van der Waals surface area contributed by atoms with Crippen LogP contribution in [0.5, 0.6) is 0 Å². The van der Waals surface area contributed by atoms with E-state index >= 15 is 0 Å². The number of halogens is 2. The summed E-state index contributed by atoms with van der Waals surface area (Å²) in [5.74, 6) is -0.416. The normalized spacial score (nSPS) is 26.7. The second-order valence-electron chi connectivity index (χ2n) is 13.1. The quantitative estimate of drug-likeness (QED) is 0.514. The minimum atomic E-state index is -1.05. The number of benzene rings is 2. The summed E-state index contributed by atoms with van der Waals surface area (Å²) in [5.41, 5.74) is 0.519. The summed E-state index contributed by atoms with van der Waals surface area (Å²) < 4.78 is 5.38. The third-order valence-corrected chi connectivity index (χ3v) is 9.45. The van der Waals surface area contributed by atoms with Gasteiger partial charge in [-0.1, -0.05) is 68.2 Å². The van der Waals surface area contributed by atoms with Crippen molar-refractivity contribution in [1.29, 1.82) is 5.26 Å². The molecule has 1 N–H and O–H groups in total. The van der Waals surface area contributed by atoms with E-state index in [0.29, 0.717) is 75.5 Å². The first-order valence-electron chi connectivity index (χ1n) is 15.1. The number of amides is 2. The lowest BCUT2D eigenvalue weighted by molar-refractivity contribution is -0.138. The van der Waals surface area contributed by atoms with Gasteiger partial charge in [0.15, 0.2) is 0 Å². The van der Waals surface area contributed by atoms with Crippen LogP contribution in [0.15, 0.2) is 48.5 Å². The van der Waals surface area contributed by atoms with Crippen LogP contribution in [0, 0.1) is 16.7 Å². The lowest BCUT2D eigenvalue weighted by Gasteiger charge is -2.39. The molecule has 4 atom stereocenters. The molecule has 10 heteroatoms.